The van der Waals surface area contributed by atoms with E-state index in [1.807, 2.05) is 0 Å². The minimum absolute atomic E-state index is 0.131. The lowest BCUT2D eigenvalue weighted by atomic mass is 10.2. The van der Waals surface area contributed by atoms with Crippen molar-refractivity contribution < 1.29 is 22.5 Å². The largest absolute Gasteiger partial charge is 0.389 e. The molecule has 0 spiro atoms. The van der Waals surface area contributed by atoms with E-state index in [0.29, 0.717) is 12.1 Å². The molecule has 0 bridgehead atoms. The van der Waals surface area contributed by atoms with Gasteiger partial charge in [0.15, 0.2) is 17.5 Å². The van der Waals surface area contributed by atoms with Crippen LogP contribution >= 0.6 is 0 Å². The highest BCUT2D eigenvalue weighted by molar-refractivity contribution is 5.69. The van der Waals surface area contributed by atoms with Crippen LogP contribution in [-0.2, 0) is 4.79 Å². The van der Waals surface area contributed by atoms with Gasteiger partial charge < -0.3 is 0 Å². The van der Waals surface area contributed by atoms with Gasteiger partial charge in [0.1, 0.15) is 6.72 Å². The predicted octanol–water partition coefficient (Wildman–Crippen LogP) is 1.99. The Kier molecular flexibility index (Phi) is 2.69. The third kappa shape index (κ3) is 1.81. The number of amides is 1. The number of halogens is 3. The molecule has 5 heteroatoms. The fraction of sp³-hybridized carbons (Fsp3) is 0.111. The van der Waals surface area contributed by atoms with Gasteiger partial charge in [-0.25, -0.2) is 18.0 Å². The number of carbonyl (C=O) groups excluding carboxylic acids is 1. The summed E-state index contributed by atoms with van der Waals surface area (Å²) in [5.74, 6) is -4.77. The Morgan fingerprint density at radius 2 is 1.71 bits per heavy atom. The fourth-order valence-electron chi connectivity index (χ4n) is 0.880. The molecular formula is C9H7F3NO+. The first-order chi connectivity index (χ1) is 6.43. The summed E-state index contributed by atoms with van der Waals surface area (Å²) in [5.41, 5.74) is -0.131. The summed E-state index contributed by atoms with van der Waals surface area (Å²) in [7, 11) is 0. The van der Waals surface area contributed by atoms with Crippen molar-refractivity contribution in [2.75, 3.05) is 0 Å². The molecule has 0 saturated heterocycles. The van der Waals surface area contributed by atoms with Gasteiger partial charge in [0.2, 0.25) is 5.69 Å². The maximum absolute atomic E-state index is 12.7. The van der Waals surface area contributed by atoms with Gasteiger partial charge in [-0.1, -0.05) is 0 Å². The Bertz CT molecular complexity index is 392. The van der Waals surface area contributed by atoms with Crippen LogP contribution in [0.2, 0.25) is 0 Å². The molecule has 0 fully saturated rings. The number of rotatable bonds is 1. The van der Waals surface area contributed by atoms with Gasteiger partial charge in [0.25, 0.3) is 0 Å². The minimum atomic E-state index is -1.56. The van der Waals surface area contributed by atoms with Crippen LogP contribution in [0.15, 0.2) is 12.1 Å². The summed E-state index contributed by atoms with van der Waals surface area (Å²) in [4.78, 5) is 10.8. The summed E-state index contributed by atoms with van der Waals surface area (Å²) >= 11 is 0. The number of carbonyl (C=O) groups is 1. The van der Waals surface area contributed by atoms with Crippen LogP contribution in [0.3, 0.4) is 0 Å². The van der Waals surface area contributed by atoms with Crippen molar-refractivity contribution in [3.8, 4) is 0 Å². The summed E-state index contributed by atoms with van der Waals surface area (Å²) in [6.07, 6.45) is 0. The van der Waals surface area contributed by atoms with E-state index >= 15 is 0 Å². The summed E-state index contributed by atoms with van der Waals surface area (Å²) in [6, 6.07) is 1.40. The molecule has 0 unspecified atom stereocenters. The van der Waals surface area contributed by atoms with E-state index in [1.54, 1.807) is 0 Å². The zero-order valence-electron chi connectivity index (χ0n) is 7.35. The lowest BCUT2D eigenvalue weighted by Gasteiger charge is -1.98. The molecule has 74 valence electrons. The average molecular weight is 202 g/mol. The van der Waals surface area contributed by atoms with Crippen LogP contribution in [-0.4, -0.2) is 17.2 Å². The lowest BCUT2D eigenvalue weighted by molar-refractivity contribution is -0.356. The second-order valence-electron chi connectivity index (χ2n) is 2.67. The molecule has 0 aliphatic carbocycles. The molecule has 1 aromatic rings. The van der Waals surface area contributed by atoms with Crippen molar-refractivity contribution in [3.63, 3.8) is 0 Å². The molecule has 0 N–H and O–H groups in total. The molecule has 0 aliphatic heterocycles. The molecule has 1 amide bonds. The first-order valence-corrected chi connectivity index (χ1v) is 3.69. The van der Waals surface area contributed by atoms with Gasteiger partial charge >= 0.3 is 5.91 Å². The van der Waals surface area contributed by atoms with Crippen LogP contribution < -0.4 is 0 Å². The van der Waals surface area contributed by atoms with E-state index < -0.39 is 23.4 Å². The van der Waals surface area contributed by atoms with Gasteiger partial charge in [0, 0.05) is 12.1 Å². The topological polar surface area (TPSA) is 20.1 Å². The maximum atomic E-state index is 12.7. The molecule has 14 heavy (non-hydrogen) atoms. The van der Waals surface area contributed by atoms with E-state index in [2.05, 4.69) is 6.72 Å². The quantitative estimate of drug-likeness (QED) is 0.387. The highest BCUT2D eigenvalue weighted by atomic mass is 19.2. The molecule has 0 saturated carbocycles. The molecule has 0 heterocycles. The van der Waals surface area contributed by atoms with Gasteiger partial charge in [-0.2, -0.15) is 0 Å². The number of hydrogen-bond acceptors (Lipinski definition) is 1. The average Bonchev–Trinajstić information content (AvgIpc) is 2.12. The molecular weight excluding hydrogens is 195 g/mol. The van der Waals surface area contributed by atoms with E-state index in [9.17, 15) is 18.0 Å². The Morgan fingerprint density at radius 3 is 2.07 bits per heavy atom. The molecule has 1 aromatic carbocycles. The summed E-state index contributed by atoms with van der Waals surface area (Å²) < 4.78 is 38.6. The summed E-state index contributed by atoms with van der Waals surface area (Å²) in [5, 5.41) is 0. The normalized spacial score (nSPS) is 10.0. The van der Waals surface area contributed by atoms with E-state index in [-0.39, 0.29) is 5.69 Å². The van der Waals surface area contributed by atoms with Gasteiger partial charge in [-0.05, 0) is 0 Å². The maximum Gasteiger partial charge on any atom is 0.389 e. The second-order valence-corrected chi connectivity index (χ2v) is 2.67. The fourth-order valence-corrected chi connectivity index (χ4v) is 0.880. The molecule has 2 nitrogen and oxygen atoms in total. The smallest absolute Gasteiger partial charge is 0.220 e. The number of benzene rings is 1. The first kappa shape index (κ1) is 10.4. The zero-order chi connectivity index (χ0) is 10.9. The number of nitrogens with zero attached hydrogens (tertiary/aromatic N) is 1. The van der Waals surface area contributed by atoms with Crippen molar-refractivity contribution in [1.82, 2.24) is 0 Å². The Labute approximate surface area is 78.3 Å². The highest BCUT2D eigenvalue weighted by Crippen LogP contribution is 2.19. The third-order valence-electron chi connectivity index (χ3n) is 1.66. The molecule has 0 atom stereocenters. The zero-order valence-corrected chi connectivity index (χ0v) is 7.35. The SMILES string of the molecule is C=[N+](C(C)=O)c1cc(F)c(F)c(F)c1. The van der Waals surface area contributed by atoms with Gasteiger partial charge in [-0.15, -0.1) is 4.58 Å². The van der Waals surface area contributed by atoms with Crippen molar-refractivity contribution >= 4 is 18.3 Å². The summed E-state index contributed by atoms with van der Waals surface area (Å²) in [6.45, 7) is 4.42. The van der Waals surface area contributed by atoms with Crippen molar-refractivity contribution in [2.24, 2.45) is 0 Å². The van der Waals surface area contributed by atoms with Crippen LogP contribution in [0.1, 0.15) is 6.92 Å². The Morgan fingerprint density at radius 1 is 1.29 bits per heavy atom. The first-order valence-electron chi connectivity index (χ1n) is 3.69. The lowest BCUT2D eigenvalue weighted by Crippen LogP contribution is -2.10. The van der Waals surface area contributed by atoms with Crippen molar-refractivity contribution in [2.45, 2.75) is 6.92 Å². The van der Waals surface area contributed by atoms with Crippen LogP contribution in [0, 0.1) is 17.5 Å². The molecule has 1 rings (SSSR count). The van der Waals surface area contributed by atoms with Crippen LogP contribution in [0.25, 0.3) is 0 Å². The van der Waals surface area contributed by atoms with Crippen LogP contribution in [0.5, 0.6) is 0 Å². The van der Waals surface area contributed by atoms with Crippen LogP contribution in [0.4, 0.5) is 18.9 Å². The van der Waals surface area contributed by atoms with Gasteiger partial charge in [0.05, 0.1) is 6.92 Å². The van der Waals surface area contributed by atoms with Crippen molar-refractivity contribution in [3.05, 3.63) is 29.6 Å². The molecule has 0 aromatic heterocycles. The highest BCUT2D eigenvalue weighted by Gasteiger charge is 2.18. The van der Waals surface area contributed by atoms with Crippen molar-refractivity contribution in [1.29, 1.82) is 0 Å². The standard InChI is InChI=1S/C9H7F3NO/c1-5(14)13(2)6-3-7(10)9(12)8(11)4-6/h3-4H,2H2,1H3/q+1. The number of hydrogen-bond donors (Lipinski definition) is 0. The van der Waals surface area contributed by atoms with Gasteiger partial charge in [-0.3, -0.25) is 0 Å². The van der Waals surface area contributed by atoms with E-state index in [1.165, 1.54) is 6.92 Å². The predicted molar refractivity (Wildman–Crippen MR) is 44.0 cm³/mol. The molecule has 0 aliphatic rings. The minimum Gasteiger partial charge on any atom is -0.220 e. The monoisotopic (exact) mass is 202 g/mol. The third-order valence-corrected chi connectivity index (χ3v) is 1.66. The Balaban J connectivity index is 3.26. The van der Waals surface area contributed by atoms with E-state index in [4.69, 9.17) is 0 Å². The Hall–Kier alpha value is -1.65. The van der Waals surface area contributed by atoms with E-state index in [0.717, 1.165) is 4.58 Å². The molecule has 0 radical (unpaired) electrons. The second kappa shape index (κ2) is 3.61.